The zero-order valence-corrected chi connectivity index (χ0v) is 15.8. The van der Waals surface area contributed by atoms with Crippen LogP contribution in [0.15, 0.2) is 70.6 Å². The molecule has 29 heavy (non-hydrogen) atoms. The fourth-order valence-electron chi connectivity index (χ4n) is 3.63. The van der Waals surface area contributed by atoms with E-state index in [2.05, 4.69) is 15.2 Å². The number of benzene rings is 1. The summed E-state index contributed by atoms with van der Waals surface area (Å²) in [6.45, 7) is 3.54. The quantitative estimate of drug-likeness (QED) is 0.436. The number of para-hydroxylation sites is 1. The molecule has 0 N–H and O–H groups in total. The summed E-state index contributed by atoms with van der Waals surface area (Å²) in [4.78, 5) is 30.8. The predicted octanol–water partition coefficient (Wildman–Crippen LogP) is 2.22. The predicted molar refractivity (Wildman–Crippen MR) is 109 cm³/mol. The maximum Gasteiger partial charge on any atom is 0.279 e. The third kappa shape index (κ3) is 2.49. The number of pyridine rings is 3. The molecular formula is C21H16N6O2. The van der Waals surface area contributed by atoms with Gasteiger partial charge in [0.15, 0.2) is 0 Å². The van der Waals surface area contributed by atoms with E-state index in [0.29, 0.717) is 33.3 Å². The van der Waals surface area contributed by atoms with Gasteiger partial charge in [-0.05, 0) is 38.1 Å². The molecule has 0 radical (unpaired) electrons. The first kappa shape index (κ1) is 17.1. The lowest BCUT2D eigenvalue weighted by molar-refractivity contribution is 0.595. The summed E-state index contributed by atoms with van der Waals surface area (Å²) in [7, 11) is 0. The SMILES string of the molecule is Cc1nnc(C)n1-n1ccc2c(cnc3ccn(-c4ccccc4)c(=O)c32)c1=O. The Morgan fingerprint density at radius 3 is 2.24 bits per heavy atom. The molecule has 5 rings (SSSR count). The summed E-state index contributed by atoms with van der Waals surface area (Å²) in [6, 6.07) is 12.9. The molecule has 0 aliphatic heterocycles. The van der Waals surface area contributed by atoms with Gasteiger partial charge in [0, 0.05) is 29.7 Å². The average molecular weight is 384 g/mol. The first-order chi connectivity index (χ1) is 14.1. The van der Waals surface area contributed by atoms with Gasteiger partial charge in [-0.1, -0.05) is 18.2 Å². The normalized spacial score (nSPS) is 11.4. The van der Waals surface area contributed by atoms with Gasteiger partial charge in [-0.25, -0.2) is 9.35 Å². The second kappa shape index (κ2) is 6.23. The van der Waals surface area contributed by atoms with Crippen LogP contribution in [-0.4, -0.2) is 29.1 Å². The maximum atomic E-state index is 13.3. The van der Waals surface area contributed by atoms with Crippen LogP contribution in [0.2, 0.25) is 0 Å². The highest BCUT2D eigenvalue weighted by atomic mass is 16.1. The highest BCUT2D eigenvalue weighted by Crippen LogP contribution is 2.19. The van der Waals surface area contributed by atoms with Crippen LogP contribution in [0.1, 0.15) is 11.6 Å². The second-order valence-corrected chi connectivity index (χ2v) is 6.74. The second-order valence-electron chi connectivity index (χ2n) is 6.74. The van der Waals surface area contributed by atoms with Crippen LogP contribution in [0, 0.1) is 13.8 Å². The van der Waals surface area contributed by atoms with Crippen LogP contribution in [0.5, 0.6) is 0 Å². The van der Waals surface area contributed by atoms with Crippen LogP contribution in [-0.2, 0) is 0 Å². The third-order valence-corrected chi connectivity index (χ3v) is 4.99. The highest BCUT2D eigenvalue weighted by molar-refractivity contribution is 6.04. The van der Waals surface area contributed by atoms with E-state index in [9.17, 15) is 9.59 Å². The molecule has 4 aromatic heterocycles. The average Bonchev–Trinajstić information content (AvgIpc) is 3.07. The number of hydrogen-bond acceptors (Lipinski definition) is 5. The van der Waals surface area contributed by atoms with Crippen molar-refractivity contribution in [3.63, 3.8) is 0 Å². The Bertz CT molecular complexity index is 1490. The van der Waals surface area contributed by atoms with Gasteiger partial charge in [0.25, 0.3) is 11.1 Å². The van der Waals surface area contributed by atoms with E-state index >= 15 is 0 Å². The smallest absolute Gasteiger partial charge is 0.279 e. The van der Waals surface area contributed by atoms with E-state index < -0.39 is 0 Å². The molecule has 0 saturated carbocycles. The molecule has 0 bridgehead atoms. The van der Waals surface area contributed by atoms with Crippen LogP contribution in [0.25, 0.3) is 27.4 Å². The molecule has 0 aliphatic rings. The van der Waals surface area contributed by atoms with Crippen molar-refractivity contribution < 1.29 is 0 Å². The summed E-state index contributed by atoms with van der Waals surface area (Å²) in [5, 5.41) is 9.35. The maximum absolute atomic E-state index is 13.3. The molecular weight excluding hydrogens is 368 g/mol. The fourth-order valence-corrected chi connectivity index (χ4v) is 3.63. The molecule has 8 heteroatoms. The van der Waals surface area contributed by atoms with Crippen LogP contribution in [0.3, 0.4) is 0 Å². The summed E-state index contributed by atoms with van der Waals surface area (Å²) in [5.41, 5.74) is 0.780. The van der Waals surface area contributed by atoms with Crippen molar-refractivity contribution in [1.82, 2.24) is 29.1 Å². The molecule has 0 spiro atoms. The molecule has 0 aliphatic carbocycles. The van der Waals surface area contributed by atoms with Crippen molar-refractivity contribution in [1.29, 1.82) is 0 Å². The van der Waals surface area contributed by atoms with Gasteiger partial charge in [0.05, 0.1) is 16.3 Å². The number of hydrogen-bond donors (Lipinski definition) is 0. The number of rotatable bonds is 2. The number of nitrogens with zero attached hydrogens (tertiary/aromatic N) is 6. The van der Waals surface area contributed by atoms with Crippen LogP contribution < -0.4 is 11.1 Å². The first-order valence-electron chi connectivity index (χ1n) is 9.07. The van der Waals surface area contributed by atoms with Gasteiger partial charge in [0.2, 0.25) is 0 Å². The first-order valence-corrected chi connectivity index (χ1v) is 9.07. The van der Waals surface area contributed by atoms with Crippen molar-refractivity contribution in [2.75, 3.05) is 0 Å². The van der Waals surface area contributed by atoms with Crippen molar-refractivity contribution in [3.8, 4) is 5.69 Å². The Morgan fingerprint density at radius 1 is 0.793 bits per heavy atom. The van der Waals surface area contributed by atoms with E-state index in [1.165, 1.54) is 10.9 Å². The minimum Gasteiger partial charge on any atom is -0.284 e. The zero-order chi connectivity index (χ0) is 20.1. The lowest BCUT2D eigenvalue weighted by atomic mass is 10.1. The van der Waals surface area contributed by atoms with Crippen molar-refractivity contribution in [2.45, 2.75) is 13.8 Å². The van der Waals surface area contributed by atoms with Gasteiger partial charge >= 0.3 is 0 Å². The number of aromatic nitrogens is 6. The highest BCUT2D eigenvalue weighted by Gasteiger charge is 2.15. The Morgan fingerprint density at radius 2 is 1.52 bits per heavy atom. The largest absolute Gasteiger partial charge is 0.284 e. The van der Waals surface area contributed by atoms with E-state index in [1.54, 1.807) is 47.6 Å². The molecule has 0 saturated heterocycles. The summed E-state index contributed by atoms with van der Waals surface area (Å²) in [6.07, 6.45) is 4.84. The van der Waals surface area contributed by atoms with E-state index in [1.807, 2.05) is 30.3 Å². The standard InChI is InChI=1S/C21H16N6O2/c1-13-23-24-14(2)27(13)26-11-8-16-17(20(26)28)12-22-18-9-10-25(21(29)19(16)18)15-6-4-3-5-7-15/h3-12H,1-2H3. The molecule has 142 valence electrons. The molecule has 0 unspecified atom stereocenters. The Balaban J connectivity index is 1.85. The molecule has 0 amide bonds. The minimum absolute atomic E-state index is 0.222. The van der Waals surface area contributed by atoms with Crippen molar-refractivity contribution in [3.05, 3.63) is 93.4 Å². The van der Waals surface area contributed by atoms with Gasteiger partial charge in [-0.15, -0.1) is 10.2 Å². The van der Waals surface area contributed by atoms with Gasteiger partial charge in [-0.2, -0.15) is 0 Å². The summed E-state index contributed by atoms with van der Waals surface area (Å²) in [5.74, 6) is 1.17. The Labute approximate surface area is 164 Å². The number of aryl methyl sites for hydroxylation is 2. The van der Waals surface area contributed by atoms with Crippen LogP contribution >= 0.6 is 0 Å². The Kier molecular flexibility index (Phi) is 3.67. The van der Waals surface area contributed by atoms with Crippen molar-refractivity contribution in [2.24, 2.45) is 0 Å². The molecule has 8 nitrogen and oxygen atoms in total. The molecule has 5 aromatic rings. The van der Waals surface area contributed by atoms with E-state index in [0.717, 1.165) is 5.69 Å². The summed E-state index contributed by atoms with van der Waals surface area (Å²) < 4.78 is 4.61. The van der Waals surface area contributed by atoms with E-state index in [-0.39, 0.29) is 11.1 Å². The summed E-state index contributed by atoms with van der Waals surface area (Å²) >= 11 is 0. The minimum atomic E-state index is -0.294. The molecule has 0 fully saturated rings. The fraction of sp³-hybridized carbons (Fsp3) is 0.0952. The topological polar surface area (TPSA) is 87.6 Å². The van der Waals surface area contributed by atoms with Crippen molar-refractivity contribution >= 4 is 21.7 Å². The number of fused-ring (bicyclic) bond motifs is 3. The van der Waals surface area contributed by atoms with Gasteiger partial charge in [-0.3, -0.25) is 19.1 Å². The molecule has 1 aromatic carbocycles. The van der Waals surface area contributed by atoms with E-state index in [4.69, 9.17) is 0 Å². The van der Waals surface area contributed by atoms with Gasteiger partial charge in [0.1, 0.15) is 11.6 Å². The lowest BCUT2D eigenvalue weighted by Gasteiger charge is -2.12. The molecule has 4 heterocycles. The lowest BCUT2D eigenvalue weighted by Crippen LogP contribution is -2.28. The molecule has 0 atom stereocenters. The Hall–Kier alpha value is -4.07. The monoisotopic (exact) mass is 384 g/mol. The van der Waals surface area contributed by atoms with Crippen LogP contribution in [0.4, 0.5) is 0 Å². The zero-order valence-electron chi connectivity index (χ0n) is 15.8. The third-order valence-electron chi connectivity index (χ3n) is 4.99. The van der Waals surface area contributed by atoms with Gasteiger partial charge < -0.3 is 0 Å².